The monoisotopic (exact) mass is 436 g/mol. The molecule has 4 rings (SSSR count). The van der Waals surface area contributed by atoms with Gasteiger partial charge in [-0.15, -0.1) is 0 Å². The number of carbonyl (C=O) groups excluding carboxylic acids is 1. The van der Waals surface area contributed by atoms with E-state index in [9.17, 15) is 9.18 Å². The van der Waals surface area contributed by atoms with Crippen LogP contribution in [-0.2, 0) is 11.2 Å². The molecular formula is C25H29FN4O2. The molecular weight excluding hydrogens is 407 g/mol. The Kier molecular flexibility index (Phi) is 6.53. The Morgan fingerprint density at radius 3 is 2.62 bits per heavy atom. The molecule has 6 nitrogen and oxygen atoms in total. The Hall–Kier alpha value is -3.22. The van der Waals surface area contributed by atoms with Crippen molar-refractivity contribution in [2.24, 2.45) is 5.92 Å². The molecule has 168 valence electrons. The molecule has 1 atom stereocenters. The summed E-state index contributed by atoms with van der Waals surface area (Å²) in [5.41, 5.74) is 1.51. The van der Waals surface area contributed by atoms with E-state index >= 15 is 0 Å². The highest BCUT2D eigenvalue weighted by atomic mass is 19.1. The van der Waals surface area contributed by atoms with E-state index in [-0.39, 0.29) is 17.6 Å². The van der Waals surface area contributed by atoms with E-state index in [1.165, 1.54) is 12.1 Å². The number of amides is 1. The lowest BCUT2D eigenvalue weighted by Crippen LogP contribution is -2.25. The molecule has 0 radical (unpaired) electrons. The number of para-hydroxylation sites is 2. The summed E-state index contributed by atoms with van der Waals surface area (Å²) in [6.45, 7) is 7.28. The zero-order chi connectivity index (χ0) is 22.7. The minimum absolute atomic E-state index is 0.0274. The summed E-state index contributed by atoms with van der Waals surface area (Å²) in [5.74, 6) is 2.32. The number of nitrogens with zero attached hydrogens (tertiary/aromatic N) is 4. The van der Waals surface area contributed by atoms with Gasteiger partial charge in [0.25, 0.3) is 0 Å². The zero-order valence-corrected chi connectivity index (χ0v) is 18.8. The molecule has 1 aliphatic rings. The number of ether oxygens (including phenoxy) is 1. The topological polar surface area (TPSA) is 60.2 Å². The molecule has 0 spiro atoms. The minimum atomic E-state index is -0.301. The number of halogens is 1. The molecule has 1 aromatic heterocycles. The summed E-state index contributed by atoms with van der Waals surface area (Å²) in [6, 6.07) is 13.8. The first kappa shape index (κ1) is 22.0. The van der Waals surface area contributed by atoms with Crippen LogP contribution in [-0.4, -0.2) is 33.8 Å². The number of rotatable bonds is 8. The van der Waals surface area contributed by atoms with Crippen molar-refractivity contribution < 1.29 is 13.9 Å². The first-order valence-electron chi connectivity index (χ1n) is 11.2. The molecule has 0 saturated carbocycles. The number of aryl methyl sites for hydroxylation is 1. The van der Waals surface area contributed by atoms with Crippen molar-refractivity contribution in [1.29, 1.82) is 0 Å². The second-order valence-corrected chi connectivity index (χ2v) is 8.51. The fraction of sp³-hybridized carbons (Fsp3) is 0.400. The van der Waals surface area contributed by atoms with E-state index in [2.05, 4.69) is 13.8 Å². The van der Waals surface area contributed by atoms with E-state index in [0.29, 0.717) is 31.2 Å². The molecule has 7 heteroatoms. The number of hydrogen-bond acceptors (Lipinski definition) is 4. The Balaban J connectivity index is 1.66. The van der Waals surface area contributed by atoms with Gasteiger partial charge in [-0.25, -0.2) is 14.1 Å². The molecule has 1 amide bonds. The molecule has 0 N–H and O–H groups in total. The number of benzene rings is 2. The average molecular weight is 437 g/mol. The third-order valence-corrected chi connectivity index (χ3v) is 5.64. The van der Waals surface area contributed by atoms with Crippen molar-refractivity contribution >= 4 is 11.6 Å². The molecule has 1 unspecified atom stereocenters. The second-order valence-electron chi connectivity index (χ2n) is 8.51. The molecule has 32 heavy (non-hydrogen) atoms. The van der Waals surface area contributed by atoms with Crippen molar-refractivity contribution in [3.63, 3.8) is 0 Å². The van der Waals surface area contributed by atoms with E-state index in [4.69, 9.17) is 14.8 Å². The van der Waals surface area contributed by atoms with Crippen molar-refractivity contribution in [3.8, 4) is 11.4 Å². The van der Waals surface area contributed by atoms with Gasteiger partial charge in [0.2, 0.25) is 5.91 Å². The van der Waals surface area contributed by atoms with Crippen LogP contribution in [0.3, 0.4) is 0 Å². The van der Waals surface area contributed by atoms with Crippen LogP contribution in [0.2, 0.25) is 0 Å². The highest BCUT2D eigenvalue weighted by molar-refractivity contribution is 5.97. The zero-order valence-electron chi connectivity index (χ0n) is 18.8. The van der Waals surface area contributed by atoms with Gasteiger partial charge in [0, 0.05) is 25.3 Å². The van der Waals surface area contributed by atoms with E-state index in [0.717, 1.165) is 35.9 Å². The molecule has 2 heterocycles. The number of hydrogen-bond donors (Lipinski definition) is 0. The molecule has 0 aliphatic carbocycles. The van der Waals surface area contributed by atoms with Gasteiger partial charge in [0.05, 0.1) is 18.0 Å². The highest BCUT2D eigenvalue weighted by Crippen LogP contribution is 2.36. The molecule has 0 bridgehead atoms. The maximum atomic E-state index is 13.5. The Labute approximate surface area is 188 Å². The van der Waals surface area contributed by atoms with Crippen LogP contribution in [0, 0.1) is 11.7 Å². The molecule has 3 aromatic rings. The van der Waals surface area contributed by atoms with Crippen LogP contribution in [0.15, 0.2) is 48.5 Å². The summed E-state index contributed by atoms with van der Waals surface area (Å²) in [4.78, 5) is 19.6. The van der Waals surface area contributed by atoms with Gasteiger partial charge in [-0.2, -0.15) is 5.10 Å². The number of carbonyl (C=O) groups is 1. The van der Waals surface area contributed by atoms with Crippen molar-refractivity contribution in [3.05, 3.63) is 66.0 Å². The first-order valence-corrected chi connectivity index (χ1v) is 11.2. The summed E-state index contributed by atoms with van der Waals surface area (Å²) >= 11 is 0. The van der Waals surface area contributed by atoms with Crippen LogP contribution < -0.4 is 9.64 Å². The van der Waals surface area contributed by atoms with Crippen LogP contribution >= 0.6 is 0 Å². The van der Waals surface area contributed by atoms with Gasteiger partial charge in [0.1, 0.15) is 17.4 Å². The van der Waals surface area contributed by atoms with Crippen LogP contribution in [0.4, 0.5) is 10.1 Å². The average Bonchev–Trinajstić information content (AvgIpc) is 3.37. The maximum absolute atomic E-state index is 13.5. The predicted octanol–water partition coefficient (Wildman–Crippen LogP) is 4.91. The summed E-state index contributed by atoms with van der Waals surface area (Å²) in [7, 11) is 0. The fourth-order valence-corrected chi connectivity index (χ4v) is 4.00. The fourth-order valence-electron chi connectivity index (χ4n) is 4.00. The van der Waals surface area contributed by atoms with E-state index in [1.807, 2.05) is 31.2 Å². The summed E-state index contributed by atoms with van der Waals surface area (Å²) in [5, 5.41) is 4.73. The Morgan fingerprint density at radius 1 is 1.16 bits per heavy atom. The minimum Gasteiger partial charge on any atom is -0.492 e. The SMILES string of the molecule is CCOc1ccccc1N1CC(c2nc(CCC(C)C)nn2-c2ccc(F)cc2)CC1=O. The predicted molar refractivity (Wildman–Crippen MR) is 122 cm³/mol. The van der Waals surface area contributed by atoms with Gasteiger partial charge in [0.15, 0.2) is 5.82 Å². The molecule has 1 fully saturated rings. The van der Waals surface area contributed by atoms with Crippen molar-refractivity contribution in [1.82, 2.24) is 14.8 Å². The first-order chi connectivity index (χ1) is 15.5. The second kappa shape index (κ2) is 9.51. The quantitative estimate of drug-likeness (QED) is 0.503. The lowest BCUT2D eigenvalue weighted by atomic mass is 10.1. The Bertz CT molecular complexity index is 1080. The third kappa shape index (κ3) is 4.66. The van der Waals surface area contributed by atoms with Gasteiger partial charge in [-0.05, 0) is 55.7 Å². The highest BCUT2D eigenvalue weighted by Gasteiger charge is 2.36. The van der Waals surface area contributed by atoms with Gasteiger partial charge in [-0.3, -0.25) is 4.79 Å². The number of aromatic nitrogens is 3. The number of anilines is 1. The van der Waals surface area contributed by atoms with Crippen LogP contribution in [0.1, 0.15) is 51.2 Å². The third-order valence-electron chi connectivity index (χ3n) is 5.64. The van der Waals surface area contributed by atoms with Gasteiger partial charge < -0.3 is 9.64 Å². The van der Waals surface area contributed by atoms with Crippen LogP contribution in [0.25, 0.3) is 5.69 Å². The van der Waals surface area contributed by atoms with Gasteiger partial charge >= 0.3 is 0 Å². The molecule has 2 aromatic carbocycles. The summed E-state index contributed by atoms with van der Waals surface area (Å²) in [6.07, 6.45) is 2.07. The van der Waals surface area contributed by atoms with Crippen LogP contribution in [0.5, 0.6) is 5.75 Å². The standard InChI is InChI=1S/C25H29FN4O2/c1-4-32-22-8-6-5-7-21(22)29-16-18(15-24(29)31)25-27-23(14-9-17(2)3)28-30(25)20-12-10-19(26)11-13-20/h5-8,10-13,17-18H,4,9,14-16H2,1-3H3. The normalized spacial score (nSPS) is 16.2. The lowest BCUT2D eigenvalue weighted by molar-refractivity contribution is -0.117. The smallest absolute Gasteiger partial charge is 0.227 e. The van der Waals surface area contributed by atoms with Crippen molar-refractivity contribution in [2.75, 3.05) is 18.1 Å². The maximum Gasteiger partial charge on any atom is 0.227 e. The largest absolute Gasteiger partial charge is 0.492 e. The van der Waals surface area contributed by atoms with Crippen molar-refractivity contribution in [2.45, 2.75) is 46.0 Å². The lowest BCUT2D eigenvalue weighted by Gasteiger charge is -2.20. The molecule has 1 aliphatic heterocycles. The Morgan fingerprint density at radius 2 is 1.91 bits per heavy atom. The molecule has 1 saturated heterocycles. The van der Waals surface area contributed by atoms with Gasteiger partial charge in [-0.1, -0.05) is 26.0 Å². The summed E-state index contributed by atoms with van der Waals surface area (Å²) < 4.78 is 21.0. The van der Waals surface area contributed by atoms with E-state index < -0.39 is 0 Å². The van der Waals surface area contributed by atoms with E-state index in [1.54, 1.807) is 21.7 Å².